The molecule has 1 aromatic carbocycles. The maximum Gasteiger partial charge on any atom is 0.242 e. The monoisotopic (exact) mass is 312 g/mol. The van der Waals surface area contributed by atoms with Gasteiger partial charge in [-0.25, -0.2) is 0 Å². The van der Waals surface area contributed by atoms with E-state index < -0.39 is 5.54 Å². The molecule has 0 atom stereocenters. The van der Waals surface area contributed by atoms with E-state index in [1.165, 1.54) is 5.56 Å². The molecule has 1 heterocycles. The van der Waals surface area contributed by atoms with Crippen LogP contribution in [0.25, 0.3) is 0 Å². The minimum absolute atomic E-state index is 0. The lowest BCUT2D eigenvalue weighted by atomic mass is 9.89. The average molecular weight is 313 g/mol. The molecule has 2 N–H and O–H groups in total. The van der Waals surface area contributed by atoms with E-state index in [-0.39, 0.29) is 18.3 Å². The number of rotatable bonds is 5. The zero-order valence-electron chi connectivity index (χ0n) is 12.6. The number of carbonyl (C=O) groups is 1. The van der Waals surface area contributed by atoms with E-state index in [9.17, 15) is 4.79 Å². The molecule has 4 nitrogen and oxygen atoms in total. The Bertz CT molecular complexity index is 433. The van der Waals surface area contributed by atoms with Crippen molar-refractivity contribution in [3.05, 3.63) is 35.9 Å². The van der Waals surface area contributed by atoms with Crippen molar-refractivity contribution in [2.45, 2.75) is 31.7 Å². The highest BCUT2D eigenvalue weighted by Gasteiger charge is 2.38. The molecule has 1 saturated heterocycles. The maximum atomic E-state index is 12.6. The van der Waals surface area contributed by atoms with Gasteiger partial charge in [-0.05, 0) is 31.7 Å². The lowest BCUT2D eigenvalue weighted by Crippen LogP contribution is -2.58. The van der Waals surface area contributed by atoms with Crippen molar-refractivity contribution in [3.63, 3.8) is 0 Å². The van der Waals surface area contributed by atoms with E-state index in [0.29, 0.717) is 32.6 Å². The van der Waals surface area contributed by atoms with Crippen molar-refractivity contribution in [1.29, 1.82) is 0 Å². The van der Waals surface area contributed by atoms with Crippen LogP contribution in [0.15, 0.2) is 30.3 Å². The van der Waals surface area contributed by atoms with E-state index in [2.05, 4.69) is 12.1 Å². The Kier molecular flexibility index (Phi) is 7.15. The second-order valence-electron chi connectivity index (χ2n) is 5.39. The van der Waals surface area contributed by atoms with Crippen molar-refractivity contribution in [2.24, 2.45) is 5.73 Å². The minimum Gasteiger partial charge on any atom is -0.381 e. The van der Waals surface area contributed by atoms with Gasteiger partial charge in [-0.1, -0.05) is 30.3 Å². The van der Waals surface area contributed by atoms with Gasteiger partial charge in [0.25, 0.3) is 0 Å². The summed E-state index contributed by atoms with van der Waals surface area (Å²) in [6, 6.07) is 10.2. The number of carbonyl (C=O) groups excluding carboxylic acids is 1. The third kappa shape index (κ3) is 4.70. The van der Waals surface area contributed by atoms with Crippen LogP contribution >= 0.6 is 12.4 Å². The Balaban J connectivity index is 0.00000220. The Morgan fingerprint density at radius 1 is 1.29 bits per heavy atom. The number of amides is 1. The average Bonchev–Trinajstić information content (AvgIpc) is 2.49. The molecule has 0 aliphatic carbocycles. The molecular weight excluding hydrogens is 288 g/mol. The molecule has 21 heavy (non-hydrogen) atoms. The van der Waals surface area contributed by atoms with Crippen LogP contribution in [0.4, 0.5) is 0 Å². The quantitative estimate of drug-likeness (QED) is 0.905. The second kappa shape index (κ2) is 8.37. The highest BCUT2D eigenvalue weighted by Crippen LogP contribution is 2.20. The summed E-state index contributed by atoms with van der Waals surface area (Å²) < 4.78 is 5.31. The predicted octanol–water partition coefficient (Wildman–Crippen LogP) is 2.01. The molecule has 0 aromatic heterocycles. The Labute approximate surface area is 133 Å². The van der Waals surface area contributed by atoms with Crippen LogP contribution in [0.2, 0.25) is 0 Å². The van der Waals surface area contributed by atoms with Gasteiger partial charge in [-0.2, -0.15) is 0 Å². The molecule has 1 fully saturated rings. The molecule has 0 unspecified atom stereocenters. The molecule has 0 spiro atoms. The van der Waals surface area contributed by atoms with Gasteiger partial charge in [0.2, 0.25) is 5.91 Å². The Morgan fingerprint density at radius 2 is 1.90 bits per heavy atom. The topological polar surface area (TPSA) is 55.6 Å². The highest BCUT2D eigenvalue weighted by atomic mass is 35.5. The molecule has 2 rings (SSSR count). The van der Waals surface area contributed by atoms with Gasteiger partial charge in [0.05, 0.1) is 5.54 Å². The summed E-state index contributed by atoms with van der Waals surface area (Å²) in [6.07, 6.45) is 2.11. The summed E-state index contributed by atoms with van der Waals surface area (Å²) in [7, 11) is 0. The fraction of sp³-hybridized carbons (Fsp3) is 0.562. The number of halogens is 1. The van der Waals surface area contributed by atoms with Gasteiger partial charge >= 0.3 is 0 Å². The number of ether oxygens (including phenoxy) is 1. The number of hydrogen-bond acceptors (Lipinski definition) is 3. The first-order chi connectivity index (χ1) is 9.65. The predicted molar refractivity (Wildman–Crippen MR) is 86.6 cm³/mol. The lowest BCUT2D eigenvalue weighted by molar-refractivity contribution is -0.140. The summed E-state index contributed by atoms with van der Waals surface area (Å²) in [5.74, 6) is 0.0687. The number of benzene rings is 1. The summed E-state index contributed by atoms with van der Waals surface area (Å²) in [5.41, 5.74) is 6.79. The number of hydrogen-bond donors (Lipinski definition) is 1. The van der Waals surface area contributed by atoms with E-state index in [1.807, 2.05) is 30.0 Å². The Morgan fingerprint density at radius 3 is 2.48 bits per heavy atom. The summed E-state index contributed by atoms with van der Waals surface area (Å²) >= 11 is 0. The molecule has 5 heteroatoms. The van der Waals surface area contributed by atoms with E-state index >= 15 is 0 Å². The van der Waals surface area contributed by atoms with Gasteiger partial charge in [-0.15, -0.1) is 12.4 Å². The van der Waals surface area contributed by atoms with E-state index in [0.717, 1.165) is 13.0 Å². The SMILES string of the molecule is CCN(CCc1ccccc1)C(=O)C1(N)CCOCC1.Cl. The third-order valence-electron chi connectivity index (χ3n) is 3.99. The van der Waals surface area contributed by atoms with Crippen LogP contribution in [0, 0.1) is 0 Å². The molecule has 118 valence electrons. The van der Waals surface area contributed by atoms with E-state index in [1.54, 1.807) is 0 Å². The maximum absolute atomic E-state index is 12.6. The van der Waals surface area contributed by atoms with Crippen molar-refractivity contribution in [2.75, 3.05) is 26.3 Å². The third-order valence-corrected chi connectivity index (χ3v) is 3.99. The molecular formula is C16H25ClN2O2. The second-order valence-corrected chi connectivity index (χ2v) is 5.39. The van der Waals surface area contributed by atoms with Crippen LogP contribution in [-0.2, 0) is 16.0 Å². The first-order valence-corrected chi connectivity index (χ1v) is 7.35. The van der Waals surface area contributed by atoms with Crippen molar-refractivity contribution in [3.8, 4) is 0 Å². The van der Waals surface area contributed by atoms with Crippen molar-refractivity contribution in [1.82, 2.24) is 4.90 Å². The zero-order valence-corrected chi connectivity index (χ0v) is 13.4. The molecule has 0 bridgehead atoms. The van der Waals surface area contributed by atoms with Gasteiger partial charge in [-0.3, -0.25) is 4.79 Å². The van der Waals surface area contributed by atoms with Gasteiger partial charge in [0, 0.05) is 26.3 Å². The molecule has 1 amide bonds. The van der Waals surface area contributed by atoms with Crippen LogP contribution < -0.4 is 5.73 Å². The van der Waals surface area contributed by atoms with Gasteiger partial charge in [0.1, 0.15) is 0 Å². The van der Waals surface area contributed by atoms with Crippen molar-refractivity contribution >= 4 is 18.3 Å². The minimum atomic E-state index is -0.731. The van der Waals surface area contributed by atoms with Crippen molar-refractivity contribution < 1.29 is 9.53 Å². The molecule has 1 aliphatic heterocycles. The molecule has 0 saturated carbocycles. The van der Waals surface area contributed by atoms with Crippen LogP contribution in [-0.4, -0.2) is 42.6 Å². The molecule has 1 aliphatic rings. The summed E-state index contributed by atoms with van der Waals surface area (Å²) in [4.78, 5) is 14.5. The van der Waals surface area contributed by atoms with E-state index in [4.69, 9.17) is 10.5 Å². The number of nitrogens with zero attached hydrogens (tertiary/aromatic N) is 1. The van der Waals surface area contributed by atoms with Gasteiger partial charge < -0.3 is 15.4 Å². The number of nitrogens with two attached hydrogens (primary N) is 1. The Hall–Kier alpha value is -1.10. The lowest BCUT2D eigenvalue weighted by Gasteiger charge is -2.36. The summed E-state index contributed by atoms with van der Waals surface area (Å²) in [6.45, 7) is 4.59. The summed E-state index contributed by atoms with van der Waals surface area (Å²) in [5, 5.41) is 0. The largest absolute Gasteiger partial charge is 0.381 e. The first kappa shape index (κ1) is 18.0. The normalized spacial score (nSPS) is 16.9. The zero-order chi connectivity index (χ0) is 14.4. The van der Waals surface area contributed by atoms with Crippen LogP contribution in [0.1, 0.15) is 25.3 Å². The first-order valence-electron chi connectivity index (χ1n) is 7.35. The standard InChI is InChI=1S/C16H24N2O2.ClH/c1-2-18(11-8-14-6-4-3-5-7-14)15(19)16(17)9-12-20-13-10-16;/h3-7H,2,8-13,17H2,1H3;1H. The van der Waals surface area contributed by atoms with Crippen LogP contribution in [0.3, 0.4) is 0 Å². The van der Waals surface area contributed by atoms with Crippen LogP contribution in [0.5, 0.6) is 0 Å². The fourth-order valence-electron chi connectivity index (χ4n) is 2.58. The van der Waals surface area contributed by atoms with Gasteiger partial charge in [0.15, 0.2) is 0 Å². The molecule has 1 aromatic rings. The number of likely N-dealkylation sites (N-methyl/N-ethyl adjacent to an activating group) is 1. The highest BCUT2D eigenvalue weighted by molar-refractivity contribution is 5.86. The molecule has 0 radical (unpaired) electrons. The smallest absolute Gasteiger partial charge is 0.242 e. The fourth-order valence-corrected chi connectivity index (χ4v) is 2.58.